The first-order valence-electron chi connectivity index (χ1n) is 15.1. The third-order valence-corrected chi connectivity index (χ3v) is 2.51. The number of likely N-dealkylation sites (N-methyl/N-ethyl adjacent to an activating group) is 1. The van der Waals surface area contributed by atoms with Crippen LogP contribution in [0, 0.1) is 0 Å². The summed E-state index contributed by atoms with van der Waals surface area (Å²) in [7, 11) is -2.40. The molecule has 112 valence electrons. The molecule has 20 heavy (non-hydrogen) atoms. The molecule has 0 saturated heterocycles. The van der Waals surface area contributed by atoms with Gasteiger partial charge in [-0.15, -0.1) is 0 Å². The second kappa shape index (κ2) is 6.59. The van der Waals surface area contributed by atoms with Gasteiger partial charge in [-0.1, -0.05) is 31.3 Å². The standard InChI is InChI=1S/C17H27NO2/c1-18(2)13-16(17(19)11-5-4-6-12-17)14-7-9-15(20-3)10-8-14/h7-10,16,19H,4-6,11-13H2,1-3H3/i1D3,3D3,4D2,5D2,6D2,11D2,12D2,13D2,16D. The molecule has 1 fully saturated rings. The Kier molecular flexibility index (Phi) is 1.33. The molecule has 0 radical (unpaired) electrons. The van der Waals surface area contributed by atoms with Crippen LogP contribution in [0.15, 0.2) is 24.3 Å². The van der Waals surface area contributed by atoms with Gasteiger partial charge in [0.1, 0.15) is 5.75 Å². The van der Waals surface area contributed by atoms with Crippen LogP contribution >= 0.6 is 0 Å². The lowest BCUT2D eigenvalue weighted by Gasteiger charge is -2.40. The zero-order chi connectivity index (χ0) is 31.3. The van der Waals surface area contributed by atoms with Crippen LogP contribution in [-0.2, 0) is 0 Å². The Morgan fingerprint density at radius 1 is 1.45 bits per heavy atom. The monoisotopic (exact) mass is 296 g/mol. The maximum atomic E-state index is 12.0. The highest BCUT2D eigenvalue weighted by Gasteiger charge is 2.38. The van der Waals surface area contributed by atoms with Crippen LogP contribution in [0.1, 0.15) is 69.4 Å². The van der Waals surface area contributed by atoms with Crippen molar-refractivity contribution >= 4 is 0 Å². The summed E-state index contributed by atoms with van der Waals surface area (Å²) in [5, 5.41) is 12.0. The van der Waals surface area contributed by atoms with Gasteiger partial charge in [0.2, 0.25) is 0 Å². The summed E-state index contributed by atoms with van der Waals surface area (Å²) in [5.74, 6) is -4.42. The average molecular weight is 297 g/mol. The van der Waals surface area contributed by atoms with Gasteiger partial charge in [-0.3, -0.25) is 0 Å². The van der Waals surface area contributed by atoms with E-state index in [0.717, 1.165) is 12.1 Å². The van der Waals surface area contributed by atoms with Crippen LogP contribution in [0.25, 0.3) is 0 Å². The van der Waals surface area contributed by atoms with Gasteiger partial charge in [-0.2, -0.15) is 0 Å². The average Bonchev–Trinajstić information content (AvgIpc) is 2.74. The Balaban J connectivity index is 3.14. The molecule has 0 aromatic heterocycles. The number of ether oxygens (including phenoxy) is 1. The summed E-state index contributed by atoms with van der Waals surface area (Å²) in [6, 6.07) is 2.96. The van der Waals surface area contributed by atoms with Crippen LogP contribution in [0.4, 0.5) is 0 Å². The van der Waals surface area contributed by atoms with E-state index in [9.17, 15) is 6.48 Å². The van der Waals surface area contributed by atoms with E-state index in [1.807, 2.05) is 0 Å². The SMILES string of the molecule is [2H]C([2H])([2H])Oc1ccc(C([2H])(C([2H])([2H])N(C)C([2H])([2H])[2H])C2(O)C([2H])([2H])C([2H])([2H])C([2H])([2H])C([2H])([2H])C2([2H])[2H])cc1. The van der Waals surface area contributed by atoms with Crippen molar-refractivity contribution in [2.75, 3.05) is 27.6 Å². The molecule has 1 saturated carbocycles. The Labute approximate surface area is 149 Å². The largest absolute Gasteiger partial charge is 0.497 e. The second-order valence-corrected chi connectivity index (χ2v) is 4.01. The highest BCUT2D eigenvalue weighted by molar-refractivity contribution is 5.31. The fourth-order valence-electron chi connectivity index (χ4n) is 1.64. The van der Waals surface area contributed by atoms with Crippen molar-refractivity contribution in [3.05, 3.63) is 29.8 Å². The molecule has 1 atom stereocenters. The number of aliphatic hydroxyl groups is 1. The summed E-state index contributed by atoms with van der Waals surface area (Å²) < 4.78 is 158. The molecule has 0 aliphatic heterocycles. The van der Waals surface area contributed by atoms with Crippen molar-refractivity contribution in [2.45, 2.75) is 43.4 Å². The molecule has 3 heteroatoms. The predicted molar refractivity (Wildman–Crippen MR) is 82.3 cm³/mol. The third kappa shape index (κ3) is 3.53. The van der Waals surface area contributed by atoms with Crippen LogP contribution in [-0.4, -0.2) is 43.2 Å². The summed E-state index contributed by atoms with van der Waals surface area (Å²) in [4.78, 5) is -0.141. The molecule has 1 aliphatic carbocycles. The first-order valence-corrected chi connectivity index (χ1v) is 5.60. The highest BCUT2D eigenvalue weighted by atomic mass is 16.5. The Morgan fingerprint density at radius 2 is 2.15 bits per heavy atom. The number of hydrogen-bond acceptors (Lipinski definition) is 3. The molecule has 0 heterocycles. The van der Waals surface area contributed by atoms with E-state index in [1.54, 1.807) is 0 Å². The zero-order valence-corrected chi connectivity index (χ0v) is 10.6. The number of hydrogen-bond donors (Lipinski definition) is 1. The van der Waals surface area contributed by atoms with Gasteiger partial charge in [0.25, 0.3) is 0 Å². The lowest BCUT2D eigenvalue weighted by atomic mass is 9.72. The van der Waals surface area contributed by atoms with Crippen LogP contribution in [0.5, 0.6) is 5.75 Å². The van der Waals surface area contributed by atoms with Gasteiger partial charge >= 0.3 is 0 Å². The fraction of sp³-hybridized carbons (Fsp3) is 0.647. The van der Waals surface area contributed by atoms with E-state index in [0.29, 0.717) is 19.2 Å². The van der Waals surface area contributed by atoms with Crippen LogP contribution in [0.2, 0.25) is 0 Å². The van der Waals surface area contributed by atoms with Crippen molar-refractivity contribution < 1.29 is 35.9 Å². The number of rotatable bonds is 5. The van der Waals surface area contributed by atoms with Crippen molar-refractivity contribution in [3.63, 3.8) is 0 Å². The van der Waals surface area contributed by atoms with Crippen molar-refractivity contribution in [3.8, 4) is 5.75 Å². The second-order valence-electron chi connectivity index (χ2n) is 4.01. The number of nitrogens with zero attached hydrogens (tertiary/aromatic N) is 1. The molecule has 1 N–H and O–H groups in total. The first kappa shape index (κ1) is 4.02. The molecule has 1 aromatic carbocycles. The van der Waals surface area contributed by atoms with Gasteiger partial charge in [-0.05, 0) is 44.5 Å². The molecule has 0 spiro atoms. The zero-order valence-electron chi connectivity index (χ0n) is 29.6. The van der Waals surface area contributed by atoms with Gasteiger partial charge in [0.15, 0.2) is 0 Å². The molecule has 3 nitrogen and oxygen atoms in total. The topological polar surface area (TPSA) is 32.7 Å². The minimum atomic E-state index is -4.51. The molecule has 2 rings (SSSR count). The van der Waals surface area contributed by atoms with Crippen molar-refractivity contribution in [2.24, 2.45) is 0 Å². The van der Waals surface area contributed by atoms with Crippen molar-refractivity contribution in [1.82, 2.24) is 4.90 Å². The summed E-state index contributed by atoms with van der Waals surface area (Å²) in [5.41, 5.74) is -5.45. The van der Waals surface area contributed by atoms with E-state index in [2.05, 4.69) is 4.74 Å². The predicted octanol–water partition coefficient (Wildman–Crippen LogP) is 3.04. The van der Waals surface area contributed by atoms with Gasteiger partial charge < -0.3 is 14.7 Å². The van der Waals surface area contributed by atoms with Crippen LogP contribution < -0.4 is 4.74 Å². The van der Waals surface area contributed by atoms with E-state index < -0.39 is 75.2 Å². The molecule has 0 amide bonds. The molecule has 0 bridgehead atoms. The van der Waals surface area contributed by atoms with E-state index in [1.165, 1.54) is 0 Å². The van der Waals surface area contributed by atoms with E-state index >= 15 is 0 Å². The quantitative estimate of drug-likeness (QED) is 0.906. The Bertz CT molecular complexity index is 1050. The molecule has 1 aromatic rings. The Hall–Kier alpha value is -1.06. The fourth-order valence-corrected chi connectivity index (χ4v) is 1.64. The van der Waals surface area contributed by atoms with E-state index in [-0.39, 0.29) is 4.90 Å². The number of benzene rings is 1. The number of methoxy groups -OCH3 is 1. The summed E-state index contributed by atoms with van der Waals surface area (Å²) in [6.07, 6.45) is -20.9. The lowest BCUT2D eigenvalue weighted by Crippen LogP contribution is -2.42. The third-order valence-electron chi connectivity index (χ3n) is 2.51. The van der Waals surface area contributed by atoms with Gasteiger partial charge in [-0.25, -0.2) is 0 Å². The van der Waals surface area contributed by atoms with Gasteiger partial charge in [0.05, 0.1) is 16.8 Å². The maximum Gasteiger partial charge on any atom is 0.118 e. The minimum Gasteiger partial charge on any atom is -0.497 e. The Morgan fingerprint density at radius 3 is 2.75 bits per heavy atom. The van der Waals surface area contributed by atoms with E-state index in [4.69, 9.17) is 24.7 Å². The lowest BCUT2D eigenvalue weighted by molar-refractivity contribution is -0.0277. The molecular weight excluding hydrogens is 250 g/mol. The first-order chi connectivity index (χ1) is 16.8. The normalized spacial score (nSPS) is 50.0. The van der Waals surface area contributed by atoms with Crippen LogP contribution in [0.3, 0.4) is 0 Å². The molecule has 1 aliphatic rings. The van der Waals surface area contributed by atoms with Gasteiger partial charge in [0, 0.05) is 34.3 Å². The highest BCUT2D eigenvalue weighted by Crippen LogP contribution is 2.40. The smallest absolute Gasteiger partial charge is 0.118 e. The molecule has 1 unspecified atom stereocenters. The minimum absolute atomic E-state index is 0.141. The summed E-state index contributed by atoms with van der Waals surface area (Å²) in [6.45, 7) is -7.31. The maximum absolute atomic E-state index is 12.0. The molecular formula is C17H27NO2. The summed E-state index contributed by atoms with van der Waals surface area (Å²) >= 11 is 0. The van der Waals surface area contributed by atoms with Crippen molar-refractivity contribution in [1.29, 1.82) is 0 Å².